The molecule has 1 aromatic carbocycles. The number of rotatable bonds is 3. The smallest absolute Gasteiger partial charge is 0.319 e. The summed E-state index contributed by atoms with van der Waals surface area (Å²) in [4.78, 5) is 26.9. The van der Waals surface area contributed by atoms with Crippen molar-refractivity contribution in [2.24, 2.45) is 5.92 Å². The Hall–Kier alpha value is -2.34. The SMILES string of the molecule is C[C@H]1CC[C@@H](NC(=O)Nc2cc(Cl)c(C3CC3)cc2F)c2c[nH]c(=O)cc2C1. The van der Waals surface area contributed by atoms with E-state index in [1.807, 2.05) is 0 Å². The number of halogens is 2. The standard InChI is InChI=1S/C21H23ClFN3O2/c1-11-2-5-18(15-10-24-20(27)7-13(15)6-11)25-21(28)26-19-9-16(22)14(8-17(19)23)12-3-4-12/h7-12,18H,2-6H2,1H3,(H,24,27)(H2,25,26,28)/t11-,18+/m0/s1. The molecule has 7 heteroatoms. The lowest BCUT2D eigenvalue weighted by molar-refractivity contribution is 0.247. The quantitative estimate of drug-likeness (QED) is 0.639. The molecule has 0 saturated heterocycles. The van der Waals surface area contributed by atoms with Crippen molar-refractivity contribution in [1.29, 1.82) is 0 Å². The number of aromatic amines is 1. The molecule has 2 aliphatic carbocycles. The Balaban J connectivity index is 1.51. The van der Waals surface area contributed by atoms with Crippen LogP contribution in [0.3, 0.4) is 0 Å². The Labute approximate surface area is 167 Å². The van der Waals surface area contributed by atoms with Gasteiger partial charge in [0.25, 0.3) is 0 Å². The molecule has 28 heavy (non-hydrogen) atoms. The number of amides is 2. The first kappa shape index (κ1) is 19.0. The third kappa shape index (κ3) is 4.07. The van der Waals surface area contributed by atoms with E-state index in [1.54, 1.807) is 12.3 Å². The third-order valence-corrected chi connectivity index (χ3v) is 5.92. The molecule has 2 amide bonds. The highest BCUT2D eigenvalue weighted by Gasteiger charge is 2.28. The lowest BCUT2D eigenvalue weighted by Gasteiger charge is -2.20. The van der Waals surface area contributed by atoms with E-state index in [2.05, 4.69) is 22.5 Å². The third-order valence-electron chi connectivity index (χ3n) is 5.60. The number of nitrogens with one attached hydrogen (secondary N) is 3. The number of fused-ring (bicyclic) bond motifs is 1. The number of hydrogen-bond acceptors (Lipinski definition) is 2. The van der Waals surface area contributed by atoms with Crippen molar-refractivity contribution < 1.29 is 9.18 Å². The fraction of sp³-hybridized carbons (Fsp3) is 0.429. The van der Waals surface area contributed by atoms with Crippen molar-refractivity contribution in [1.82, 2.24) is 10.3 Å². The number of H-pyrrole nitrogens is 1. The van der Waals surface area contributed by atoms with Gasteiger partial charge in [0, 0.05) is 17.3 Å². The minimum Gasteiger partial charge on any atom is -0.331 e. The Bertz CT molecular complexity index is 971. The monoisotopic (exact) mass is 403 g/mol. The van der Waals surface area contributed by atoms with Gasteiger partial charge in [-0.05, 0) is 72.8 Å². The van der Waals surface area contributed by atoms with Crippen LogP contribution < -0.4 is 16.2 Å². The van der Waals surface area contributed by atoms with Crippen LogP contribution >= 0.6 is 11.6 Å². The highest BCUT2D eigenvalue weighted by atomic mass is 35.5. The molecule has 0 aliphatic heterocycles. The molecule has 148 valence electrons. The minimum absolute atomic E-state index is 0.0654. The average molecular weight is 404 g/mol. The molecule has 2 aliphatic rings. The predicted octanol–water partition coefficient (Wildman–Crippen LogP) is 4.88. The molecule has 0 bridgehead atoms. The molecule has 5 nitrogen and oxygen atoms in total. The first-order valence-corrected chi connectivity index (χ1v) is 10.1. The van der Waals surface area contributed by atoms with Crippen molar-refractivity contribution in [3.8, 4) is 0 Å². The van der Waals surface area contributed by atoms with Gasteiger partial charge in [-0.25, -0.2) is 9.18 Å². The molecule has 1 aromatic heterocycles. The summed E-state index contributed by atoms with van der Waals surface area (Å²) in [5.41, 5.74) is 2.57. The summed E-state index contributed by atoms with van der Waals surface area (Å²) in [6.07, 6.45) is 6.18. The number of aromatic nitrogens is 1. The van der Waals surface area contributed by atoms with Gasteiger partial charge < -0.3 is 15.6 Å². The van der Waals surface area contributed by atoms with Crippen LogP contribution in [0.25, 0.3) is 0 Å². The number of benzene rings is 1. The van der Waals surface area contributed by atoms with Gasteiger partial charge >= 0.3 is 6.03 Å². The summed E-state index contributed by atoms with van der Waals surface area (Å²) in [6.45, 7) is 2.13. The van der Waals surface area contributed by atoms with Gasteiger partial charge in [0.15, 0.2) is 0 Å². The van der Waals surface area contributed by atoms with Crippen LogP contribution in [0.1, 0.15) is 61.3 Å². The second kappa shape index (κ2) is 7.59. The first-order valence-electron chi connectivity index (χ1n) is 9.68. The molecule has 2 aromatic rings. The van der Waals surface area contributed by atoms with E-state index in [-0.39, 0.29) is 17.3 Å². The van der Waals surface area contributed by atoms with Crippen LogP contribution in [0.5, 0.6) is 0 Å². The van der Waals surface area contributed by atoms with Crippen molar-refractivity contribution in [2.45, 2.75) is 51.0 Å². The summed E-state index contributed by atoms with van der Waals surface area (Å²) < 4.78 is 14.4. The van der Waals surface area contributed by atoms with E-state index in [0.29, 0.717) is 16.9 Å². The van der Waals surface area contributed by atoms with E-state index < -0.39 is 11.8 Å². The summed E-state index contributed by atoms with van der Waals surface area (Å²) in [5, 5.41) is 5.97. The Kier molecular flexibility index (Phi) is 5.15. The maximum atomic E-state index is 14.4. The van der Waals surface area contributed by atoms with Gasteiger partial charge in [-0.15, -0.1) is 0 Å². The fourth-order valence-corrected chi connectivity index (χ4v) is 4.26. The number of anilines is 1. The van der Waals surface area contributed by atoms with Crippen molar-refractivity contribution in [3.63, 3.8) is 0 Å². The van der Waals surface area contributed by atoms with Crippen LogP contribution in [-0.2, 0) is 6.42 Å². The molecule has 4 rings (SSSR count). The van der Waals surface area contributed by atoms with Gasteiger partial charge in [0.2, 0.25) is 5.56 Å². The number of carbonyl (C=O) groups excluding carboxylic acids is 1. The Morgan fingerprint density at radius 2 is 1.96 bits per heavy atom. The molecule has 0 radical (unpaired) electrons. The molecule has 1 saturated carbocycles. The topological polar surface area (TPSA) is 74.0 Å². The number of urea groups is 1. The normalized spacial score (nSPS) is 21.5. The predicted molar refractivity (Wildman–Crippen MR) is 107 cm³/mol. The molecule has 1 heterocycles. The second-order valence-electron chi connectivity index (χ2n) is 7.94. The van der Waals surface area contributed by atoms with Gasteiger partial charge in [-0.3, -0.25) is 4.79 Å². The Morgan fingerprint density at radius 1 is 1.18 bits per heavy atom. The van der Waals surface area contributed by atoms with E-state index in [1.165, 1.54) is 12.1 Å². The largest absolute Gasteiger partial charge is 0.331 e. The van der Waals surface area contributed by atoms with Gasteiger partial charge in [0.1, 0.15) is 5.82 Å². The highest BCUT2D eigenvalue weighted by Crippen LogP contribution is 2.44. The fourth-order valence-electron chi connectivity index (χ4n) is 3.94. The van der Waals surface area contributed by atoms with Crippen LogP contribution in [0.4, 0.5) is 14.9 Å². The van der Waals surface area contributed by atoms with Crippen LogP contribution in [0, 0.1) is 11.7 Å². The zero-order valence-electron chi connectivity index (χ0n) is 15.6. The molecule has 0 spiro atoms. The summed E-state index contributed by atoms with van der Waals surface area (Å²) in [6, 6.07) is 3.75. The van der Waals surface area contributed by atoms with Gasteiger partial charge in [-0.2, -0.15) is 0 Å². The lowest BCUT2D eigenvalue weighted by Crippen LogP contribution is -2.33. The van der Waals surface area contributed by atoms with Gasteiger partial charge in [-0.1, -0.05) is 18.5 Å². The second-order valence-corrected chi connectivity index (χ2v) is 8.35. The molecular weight excluding hydrogens is 381 g/mol. The average Bonchev–Trinajstić information content (AvgIpc) is 3.47. The van der Waals surface area contributed by atoms with E-state index in [9.17, 15) is 14.0 Å². The minimum atomic E-state index is -0.495. The zero-order valence-corrected chi connectivity index (χ0v) is 16.4. The number of carbonyl (C=O) groups is 1. The first-order chi connectivity index (χ1) is 13.4. The zero-order chi connectivity index (χ0) is 19.8. The van der Waals surface area contributed by atoms with Crippen LogP contribution in [0.2, 0.25) is 5.02 Å². The maximum absolute atomic E-state index is 14.4. The van der Waals surface area contributed by atoms with Crippen molar-refractivity contribution >= 4 is 23.3 Å². The summed E-state index contributed by atoms with van der Waals surface area (Å²) in [5.74, 6) is 0.263. The van der Waals surface area contributed by atoms with Crippen LogP contribution in [-0.4, -0.2) is 11.0 Å². The number of pyridine rings is 1. The van der Waals surface area contributed by atoms with E-state index in [0.717, 1.165) is 48.8 Å². The molecule has 2 atom stereocenters. The summed E-state index contributed by atoms with van der Waals surface area (Å²) >= 11 is 6.26. The lowest BCUT2D eigenvalue weighted by atomic mass is 10.00. The molecule has 3 N–H and O–H groups in total. The van der Waals surface area contributed by atoms with E-state index in [4.69, 9.17) is 11.6 Å². The number of hydrogen-bond donors (Lipinski definition) is 3. The maximum Gasteiger partial charge on any atom is 0.319 e. The molecular formula is C21H23ClFN3O2. The van der Waals surface area contributed by atoms with Crippen molar-refractivity contribution in [3.05, 3.63) is 62.3 Å². The molecule has 0 unspecified atom stereocenters. The van der Waals surface area contributed by atoms with Crippen molar-refractivity contribution in [2.75, 3.05) is 5.32 Å². The van der Waals surface area contributed by atoms with Crippen LogP contribution in [0.15, 0.2) is 29.2 Å². The highest BCUT2D eigenvalue weighted by molar-refractivity contribution is 6.31. The molecule has 1 fully saturated rings. The van der Waals surface area contributed by atoms with E-state index >= 15 is 0 Å². The Morgan fingerprint density at radius 3 is 2.71 bits per heavy atom. The summed E-state index contributed by atoms with van der Waals surface area (Å²) in [7, 11) is 0. The van der Waals surface area contributed by atoms with Gasteiger partial charge in [0.05, 0.1) is 11.7 Å².